The molecule has 6 heteroatoms. The van der Waals surface area contributed by atoms with Crippen LogP contribution < -0.4 is 11.1 Å². The van der Waals surface area contributed by atoms with Crippen LogP contribution in [-0.2, 0) is 0 Å². The first kappa shape index (κ1) is 10.8. The van der Waals surface area contributed by atoms with Gasteiger partial charge in [0.1, 0.15) is 0 Å². The summed E-state index contributed by atoms with van der Waals surface area (Å²) in [4.78, 5) is 38.4. The number of ketones is 1. The van der Waals surface area contributed by atoms with Crippen molar-refractivity contribution in [1.29, 1.82) is 0 Å². The highest BCUT2D eigenvalue weighted by atomic mass is 79.9. The van der Waals surface area contributed by atoms with Gasteiger partial charge in [0.25, 0.3) is 0 Å². The van der Waals surface area contributed by atoms with Crippen LogP contribution in [0, 0.1) is 0 Å². The lowest BCUT2D eigenvalue weighted by Gasteiger charge is -2.00. The summed E-state index contributed by atoms with van der Waals surface area (Å²) in [6, 6.07) is 4.72. The van der Waals surface area contributed by atoms with E-state index in [9.17, 15) is 14.4 Å². The normalized spacial score (nSPS) is 10.6. The first-order chi connectivity index (χ1) is 7.61. The molecule has 0 aliphatic carbocycles. The van der Waals surface area contributed by atoms with Gasteiger partial charge >= 0.3 is 11.1 Å². The van der Waals surface area contributed by atoms with Crippen molar-refractivity contribution in [3.8, 4) is 0 Å². The van der Waals surface area contributed by atoms with E-state index in [1.54, 1.807) is 12.1 Å². The third-order valence-electron chi connectivity index (χ3n) is 2.17. The summed E-state index contributed by atoms with van der Waals surface area (Å²) in [6.45, 7) is 0. The van der Waals surface area contributed by atoms with E-state index in [0.29, 0.717) is 16.6 Å². The van der Waals surface area contributed by atoms with Crippen molar-refractivity contribution in [2.24, 2.45) is 0 Å². The third kappa shape index (κ3) is 1.83. The molecule has 0 radical (unpaired) electrons. The van der Waals surface area contributed by atoms with Crippen molar-refractivity contribution >= 4 is 32.7 Å². The first-order valence-corrected chi connectivity index (χ1v) is 5.59. The highest BCUT2D eigenvalue weighted by molar-refractivity contribution is 9.09. The molecule has 1 aromatic heterocycles. The van der Waals surface area contributed by atoms with Gasteiger partial charge in [-0.05, 0) is 18.2 Å². The Morgan fingerprint density at radius 3 is 2.38 bits per heavy atom. The van der Waals surface area contributed by atoms with E-state index in [2.05, 4.69) is 25.9 Å². The Labute approximate surface area is 97.6 Å². The second-order valence-electron chi connectivity index (χ2n) is 3.23. The van der Waals surface area contributed by atoms with Crippen LogP contribution in [0.3, 0.4) is 0 Å². The molecular weight excluding hydrogens is 276 g/mol. The monoisotopic (exact) mass is 282 g/mol. The van der Waals surface area contributed by atoms with Crippen LogP contribution >= 0.6 is 15.9 Å². The smallest absolute Gasteiger partial charge is 0.314 e. The lowest BCUT2D eigenvalue weighted by Crippen LogP contribution is -2.28. The quantitative estimate of drug-likeness (QED) is 0.485. The molecule has 2 aromatic rings. The maximum atomic E-state index is 11.4. The second kappa shape index (κ2) is 4.05. The third-order valence-corrected chi connectivity index (χ3v) is 2.67. The maximum absolute atomic E-state index is 11.4. The summed E-state index contributed by atoms with van der Waals surface area (Å²) in [5, 5.41) is 0.214. The van der Waals surface area contributed by atoms with Gasteiger partial charge in [-0.1, -0.05) is 15.9 Å². The average Bonchev–Trinajstić information content (AvgIpc) is 2.29. The van der Waals surface area contributed by atoms with Gasteiger partial charge in [-0.3, -0.25) is 14.4 Å². The van der Waals surface area contributed by atoms with Crippen LogP contribution in [0.4, 0.5) is 0 Å². The topological polar surface area (TPSA) is 82.8 Å². The van der Waals surface area contributed by atoms with Gasteiger partial charge in [0.05, 0.1) is 16.4 Å². The lowest BCUT2D eigenvalue weighted by molar-refractivity contribution is 0.102. The summed E-state index contributed by atoms with van der Waals surface area (Å²) in [7, 11) is 0. The summed E-state index contributed by atoms with van der Waals surface area (Å²) in [5.74, 6) is -0.0889. The Balaban J connectivity index is 2.71. The van der Waals surface area contributed by atoms with Crippen molar-refractivity contribution in [3.05, 3.63) is 44.5 Å². The number of fused-ring (bicyclic) bond motifs is 1. The number of Topliss-reactive ketones (excluding diaryl/α,β-unsaturated/α-hetero) is 1. The number of hydrogen-bond donors (Lipinski definition) is 2. The zero-order valence-corrected chi connectivity index (χ0v) is 9.63. The fourth-order valence-corrected chi connectivity index (χ4v) is 1.69. The number of alkyl halides is 1. The molecule has 0 fully saturated rings. The number of carbonyl (C=O) groups is 1. The Morgan fingerprint density at radius 2 is 1.75 bits per heavy atom. The van der Waals surface area contributed by atoms with E-state index in [1.807, 2.05) is 0 Å². The Morgan fingerprint density at radius 1 is 1.12 bits per heavy atom. The number of carbonyl (C=O) groups excluding carboxylic acids is 1. The molecular formula is C10H7BrN2O3. The van der Waals surface area contributed by atoms with Gasteiger partial charge in [-0.2, -0.15) is 0 Å². The van der Waals surface area contributed by atoms with Crippen molar-refractivity contribution in [1.82, 2.24) is 9.97 Å². The Kier molecular flexibility index (Phi) is 2.74. The van der Waals surface area contributed by atoms with Crippen LogP contribution in [0.2, 0.25) is 0 Å². The zero-order valence-electron chi connectivity index (χ0n) is 8.04. The minimum Gasteiger partial charge on any atom is -0.316 e. The molecule has 16 heavy (non-hydrogen) atoms. The molecule has 0 unspecified atom stereocenters. The van der Waals surface area contributed by atoms with Crippen molar-refractivity contribution in [2.75, 3.05) is 5.33 Å². The number of H-pyrrole nitrogens is 2. The van der Waals surface area contributed by atoms with E-state index in [-0.39, 0.29) is 11.1 Å². The van der Waals surface area contributed by atoms with Gasteiger partial charge in [0.15, 0.2) is 5.78 Å². The summed E-state index contributed by atoms with van der Waals surface area (Å²) < 4.78 is 0. The predicted octanol–water partition coefficient (Wildman–Crippen LogP) is 0.794. The lowest BCUT2D eigenvalue weighted by atomic mass is 10.1. The molecule has 5 nitrogen and oxygen atoms in total. The predicted molar refractivity (Wildman–Crippen MR) is 63.3 cm³/mol. The molecule has 0 atom stereocenters. The number of rotatable bonds is 2. The summed E-state index contributed by atoms with van der Waals surface area (Å²) in [5.41, 5.74) is -0.0118. The van der Waals surface area contributed by atoms with Crippen molar-refractivity contribution < 1.29 is 4.79 Å². The van der Waals surface area contributed by atoms with Crippen LogP contribution in [0.1, 0.15) is 10.4 Å². The molecule has 2 rings (SSSR count). The van der Waals surface area contributed by atoms with Gasteiger partial charge in [0.2, 0.25) is 0 Å². The molecule has 2 N–H and O–H groups in total. The Hall–Kier alpha value is -1.69. The standard InChI is InChI=1S/C10H7BrN2O3/c11-4-8(14)5-1-2-6-7(3-5)13-10(16)9(15)12-6/h1-3H,4H2,(H,12,15)(H,13,16). The van der Waals surface area contributed by atoms with Crippen LogP contribution in [-0.4, -0.2) is 21.1 Å². The molecule has 0 aliphatic rings. The number of nitrogens with one attached hydrogen (secondary N) is 2. The number of benzene rings is 1. The summed E-state index contributed by atoms with van der Waals surface area (Å²) in [6.07, 6.45) is 0. The molecule has 0 saturated heterocycles. The maximum Gasteiger partial charge on any atom is 0.314 e. The molecule has 0 spiro atoms. The second-order valence-corrected chi connectivity index (χ2v) is 3.79. The highest BCUT2D eigenvalue weighted by Crippen LogP contribution is 2.10. The van der Waals surface area contributed by atoms with Crippen LogP contribution in [0.15, 0.2) is 27.8 Å². The summed E-state index contributed by atoms with van der Waals surface area (Å²) >= 11 is 3.06. The fourth-order valence-electron chi connectivity index (χ4n) is 1.37. The van der Waals surface area contributed by atoms with Crippen molar-refractivity contribution in [3.63, 3.8) is 0 Å². The van der Waals surface area contributed by atoms with E-state index < -0.39 is 11.1 Å². The van der Waals surface area contributed by atoms with Crippen molar-refractivity contribution in [2.45, 2.75) is 0 Å². The Bertz CT molecular complexity index is 672. The van der Waals surface area contributed by atoms with Gasteiger partial charge in [-0.25, -0.2) is 0 Å². The van der Waals surface area contributed by atoms with Gasteiger partial charge in [-0.15, -0.1) is 0 Å². The number of aromatic amines is 2. The molecule has 0 bridgehead atoms. The van der Waals surface area contributed by atoms with E-state index in [0.717, 1.165) is 0 Å². The average molecular weight is 283 g/mol. The van der Waals surface area contributed by atoms with Crippen LogP contribution in [0.5, 0.6) is 0 Å². The van der Waals surface area contributed by atoms with E-state index >= 15 is 0 Å². The molecule has 0 aliphatic heterocycles. The van der Waals surface area contributed by atoms with Crippen LogP contribution in [0.25, 0.3) is 11.0 Å². The highest BCUT2D eigenvalue weighted by Gasteiger charge is 2.06. The molecule has 1 aromatic carbocycles. The largest absolute Gasteiger partial charge is 0.316 e. The molecule has 1 heterocycles. The minimum atomic E-state index is -0.726. The van der Waals surface area contributed by atoms with E-state index in [4.69, 9.17) is 0 Å². The van der Waals surface area contributed by atoms with Gasteiger partial charge in [0, 0.05) is 5.56 Å². The van der Waals surface area contributed by atoms with E-state index in [1.165, 1.54) is 6.07 Å². The van der Waals surface area contributed by atoms with Gasteiger partial charge < -0.3 is 9.97 Å². The first-order valence-electron chi connectivity index (χ1n) is 4.47. The number of halogens is 1. The minimum absolute atomic E-state index is 0.0889. The number of aromatic nitrogens is 2. The fraction of sp³-hybridized carbons (Fsp3) is 0.100. The SMILES string of the molecule is O=C(CBr)c1ccc2[nH]c(=O)c(=O)[nH]c2c1. The number of hydrogen-bond acceptors (Lipinski definition) is 3. The molecule has 0 saturated carbocycles. The zero-order chi connectivity index (χ0) is 11.7. The molecule has 0 amide bonds. The molecule has 82 valence electrons.